The van der Waals surface area contributed by atoms with Crippen LogP contribution in [0.15, 0.2) is 30.3 Å². The van der Waals surface area contributed by atoms with Gasteiger partial charge in [0.05, 0.1) is 12.6 Å². The summed E-state index contributed by atoms with van der Waals surface area (Å²) in [6.45, 7) is 0.858. The van der Waals surface area contributed by atoms with Crippen molar-refractivity contribution in [2.24, 2.45) is 5.92 Å². The summed E-state index contributed by atoms with van der Waals surface area (Å²) in [6.07, 6.45) is 7.23. The Balaban J connectivity index is 1.66. The molecule has 2 N–H and O–H groups in total. The number of carboxylic acid groups (broad SMARTS) is 1. The van der Waals surface area contributed by atoms with E-state index in [2.05, 4.69) is 17.4 Å². The third-order valence-corrected chi connectivity index (χ3v) is 5.59. The van der Waals surface area contributed by atoms with Crippen molar-refractivity contribution in [1.82, 2.24) is 10.2 Å². The fourth-order valence-corrected chi connectivity index (χ4v) is 4.29. The predicted molar refractivity (Wildman–Crippen MR) is 96.1 cm³/mol. The lowest BCUT2D eigenvalue weighted by Gasteiger charge is -2.33. The number of hydrogen-bond donors (Lipinski definition) is 2. The molecule has 5 nitrogen and oxygen atoms in total. The van der Waals surface area contributed by atoms with Crippen molar-refractivity contribution in [1.29, 1.82) is 0 Å². The Labute approximate surface area is 149 Å². The molecule has 2 atom stereocenters. The van der Waals surface area contributed by atoms with Crippen molar-refractivity contribution in [3.63, 3.8) is 0 Å². The van der Waals surface area contributed by atoms with Crippen molar-refractivity contribution in [3.8, 4) is 0 Å². The SMILES string of the molecule is O=C(CN1CCCCC1C(=O)O)NC(c1ccccc1)C1CCCC1. The highest BCUT2D eigenvalue weighted by Gasteiger charge is 2.32. The molecule has 1 aromatic rings. The molecular weight excluding hydrogens is 316 g/mol. The zero-order valence-electron chi connectivity index (χ0n) is 14.7. The van der Waals surface area contributed by atoms with E-state index in [1.54, 1.807) is 0 Å². The topological polar surface area (TPSA) is 69.6 Å². The summed E-state index contributed by atoms with van der Waals surface area (Å²) in [5.74, 6) is -0.403. The fraction of sp³-hybridized carbons (Fsp3) is 0.600. The number of rotatable bonds is 6. The van der Waals surface area contributed by atoms with E-state index in [-0.39, 0.29) is 18.5 Å². The van der Waals surface area contributed by atoms with Gasteiger partial charge in [-0.3, -0.25) is 14.5 Å². The Morgan fingerprint density at radius 3 is 2.44 bits per heavy atom. The number of amides is 1. The van der Waals surface area contributed by atoms with Crippen molar-refractivity contribution in [2.45, 2.75) is 57.0 Å². The fourth-order valence-electron chi connectivity index (χ4n) is 4.29. The normalized spacial score (nSPS) is 23.3. The van der Waals surface area contributed by atoms with E-state index in [1.165, 1.54) is 12.8 Å². The second kappa shape index (κ2) is 8.48. The molecule has 1 aliphatic heterocycles. The molecule has 3 rings (SSSR count). The Hall–Kier alpha value is -1.88. The molecule has 136 valence electrons. The van der Waals surface area contributed by atoms with Crippen molar-refractivity contribution >= 4 is 11.9 Å². The molecule has 1 aliphatic carbocycles. The van der Waals surface area contributed by atoms with Crippen LogP contribution < -0.4 is 5.32 Å². The quantitative estimate of drug-likeness (QED) is 0.832. The molecule has 1 heterocycles. The maximum absolute atomic E-state index is 12.7. The molecule has 2 aliphatic rings. The first-order valence-corrected chi connectivity index (χ1v) is 9.46. The predicted octanol–water partition coefficient (Wildman–Crippen LogP) is 2.97. The Morgan fingerprint density at radius 1 is 1.08 bits per heavy atom. The molecule has 1 amide bonds. The summed E-state index contributed by atoms with van der Waals surface area (Å²) >= 11 is 0. The van der Waals surface area contributed by atoms with Crippen molar-refractivity contribution in [3.05, 3.63) is 35.9 Å². The first kappa shape index (κ1) is 17.9. The Kier molecular flexibility index (Phi) is 6.08. The van der Waals surface area contributed by atoms with E-state index >= 15 is 0 Å². The average Bonchev–Trinajstić information content (AvgIpc) is 3.15. The standard InChI is InChI=1S/C20H28N2O3/c23-18(14-22-13-7-6-12-17(22)20(24)25)21-19(16-10-4-5-11-16)15-8-2-1-3-9-15/h1-3,8-9,16-17,19H,4-7,10-14H2,(H,21,23)(H,24,25). The van der Waals surface area contributed by atoms with Crippen LogP contribution in [-0.4, -0.2) is 41.0 Å². The molecule has 2 fully saturated rings. The lowest BCUT2D eigenvalue weighted by atomic mass is 9.91. The zero-order valence-corrected chi connectivity index (χ0v) is 14.7. The van der Waals surface area contributed by atoms with Crippen molar-refractivity contribution < 1.29 is 14.7 Å². The number of nitrogens with one attached hydrogen (secondary N) is 1. The van der Waals surface area contributed by atoms with Crippen LogP contribution in [0.1, 0.15) is 56.6 Å². The summed E-state index contributed by atoms with van der Waals surface area (Å²) in [5.41, 5.74) is 1.15. The van der Waals surface area contributed by atoms with Gasteiger partial charge in [0.15, 0.2) is 0 Å². The molecule has 2 unspecified atom stereocenters. The summed E-state index contributed by atoms with van der Waals surface area (Å²) in [7, 11) is 0. The number of benzene rings is 1. The van der Waals surface area contributed by atoms with E-state index < -0.39 is 12.0 Å². The Bertz CT molecular complexity index is 584. The lowest BCUT2D eigenvalue weighted by molar-refractivity contribution is -0.145. The number of hydrogen-bond acceptors (Lipinski definition) is 3. The number of aliphatic carboxylic acids is 1. The van der Waals surface area contributed by atoms with Crippen LogP contribution >= 0.6 is 0 Å². The van der Waals surface area contributed by atoms with Crippen LogP contribution in [0.5, 0.6) is 0 Å². The van der Waals surface area contributed by atoms with Gasteiger partial charge in [-0.2, -0.15) is 0 Å². The summed E-state index contributed by atoms with van der Waals surface area (Å²) in [5, 5.41) is 12.6. The van der Waals surface area contributed by atoms with Crippen LogP contribution in [0.4, 0.5) is 0 Å². The smallest absolute Gasteiger partial charge is 0.320 e. The molecule has 0 radical (unpaired) electrons. The monoisotopic (exact) mass is 344 g/mol. The molecule has 0 aromatic heterocycles. The minimum atomic E-state index is -0.817. The third kappa shape index (κ3) is 4.60. The molecule has 5 heteroatoms. The first-order chi connectivity index (χ1) is 12.1. The molecule has 1 aromatic carbocycles. The summed E-state index contributed by atoms with van der Waals surface area (Å²) < 4.78 is 0. The minimum Gasteiger partial charge on any atom is -0.480 e. The number of piperidine rings is 1. The highest BCUT2D eigenvalue weighted by molar-refractivity contribution is 5.80. The number of carboxylic acids is 1. The molecule has 1 saturated carbocycles. The van der Waals surface area contributed by atoms with E-state index in [0.717, 1.165) is 31.2 Å². The maximum atomic E-state index is 12.7. The maximum Gasteiger partial charge on any atom is 0.320 e. The van der Waals surface area contributed by atoms with Gasteiger partial charge in [-0.05, 0) is 43.7 Å². The Morgan fingerprint density at radius 2 is 1.76 bits per heavy atom. The third-order valence-electron chi connectivity index (χ3n) is 5.59. The molecule has 1 saturated heterocycles. The van der Waals surface area contributed by atoms with E-state index in [1.807, 2.05) is 23.1 Å². The van der Waals surface area contributed by atoms with E-state index in [9.17, 15) is 14.7 Å². The van der Waals surface area contributed by atoms with Gasteiger partial charge < -0.3 is 10.4 Å². The van der Waals surface area contributed by atoms with Crippen molar-refractivity contribution in [2.75, 3.05) is 13.1 Å². The van der Waals surface area contributed by atoms with Gasteiger partial charge in [-0.15, -0.1) is 0 Å². The second-order valence-corrected chi connectivity index (χ2v) is 7.32. The molecule has 25 heavy (non-hydrogen) atoms. The molecular formula is C20H28N2O3. The van der Waals surface area contributed by atoms with Gasteiger partial charge in [0.1, 0.15) is 6.04 Å². The number of carbonyl (C=O) groups is 2. The van der Waals surface area contributed by atoms with Gasteiger partial charge in [0.2, 0.25) is 5.91 Å². The van der Waals surface area contributed by atoms with E-state index in [4.69, 9.17) is 0 Å². The van der Waals surface area contributed by atoms with Gasteiger partial charge in [0, 0.05) is 0 Å². The highest BCUT2D eigenvalue weighted by Crippen LogP contribution is 2.35. The molecule has 0 bridgehead atoms. The van der Waals surface area contributed by atoms with Crippen LogP contribution in [0, 0.1) is 5.92 Å². The number of carbonyl (C=O) groups excluding carboxylic acids is 1. The highest BCUT2D eigenvalue weighted by atomic mass is 16.4. The average molecular weight is 344 g/mol. The lowest BCUT2D eigenvalue weighted by Crippen LogP contribution is -2.49. The largest absolute Gasteiger partial charge is 0.480 e. The van der Waals surface area contributed by atoms with Gasteiger partial charge in [-0.1, -0.05) is 49.6 Å². The van der Waals surface area contributed by atoms with E-state index in [0.29, 0.717) is 18.9 Å². The van der Waals surface area contributed by atoms with Crippen LogP contribution in [0.2, 0.25) is 0 Å². The van der Waals surface area contributed by atoms with Crippen LogP contribution in [0.25, 0.3) is 0 Å². The molecule has 0 spiro atoms. The summed E-state index contributed by atoms with van der Waals surface area (Å²) in [6, 6.07) is 9.66. The number of nitrogens with zero attached hydrogens (tertiary/aromatic N) is 1. The number of likely N-dealkylation sites (tertiary alicyclic amines) is 1. The van der Waals surface area contributed by atoms with Crippen LogP contribution in [-0.2, 0) is 9.59 Å². The zero-order chi connectivity index (χ0) is 17.6. The van der Waals surface area contributed by atoms with Gasteiger partial charge >= 0.3 is 5.97 Å². The van der Waals surface area contributed by atoms with Crippen LogP contribution in [0.3, 0.4) is 0 Å². The summed E-state index contributed by atoms with van der Waals surface area (Å²) in [4.78, 5) is 25.9. The minimum absolute atomic E-state index is 0.0317. The van der Waals surface area contributed by atoms with Gasteiger partial charge in [-0.25, -0.2) is 0 Å². The second-order valence-electron chi connectivity index (χ2n) is 7.32. The van der Waals surface area contributed by atoms with Gasteiger partial charge in [0.25, 0.3) is 0 Å². The first-order valence-electron chi connectivity index (χ1n) is 9.46.